The van der Waals surface area contributed by atoms with Gasteiger partial charge in [-0.1, -0.05) is 0 Å². The van der Waals surface area contributed by atoms with Crippen molar-refractivity contribution in [2.75, 3.05) is 6.61 Å². The number of nitro benzene ring substituents is 1. The molecule has 0 saturated carbocycles. The molecule has 0 aromatic heterocycles. The van der Waals surface area contributed by atoms with Crippen LogP contribution < -0.4 is 5.32 Å². The van der Waals surface area contributed by atoms with E-state index >= 15 is 0 Å². The highest BCUT2D eigenvalue weighted by Crippen LogP contribution is 2.18. The number of aliphatic hydroxyl groups excluding tert-OH is 1. The summed E-state index contributed by atoms with van der Waals surface area (Å²) in [6, 6.07) is 2.37. The van der Waals surface area contributed by atoms with Crippen molar-refractivity contribution >= 4 is 11.6 Å². The Morgan fingerprint density at radius 2 is 2.29 bits per heavy atom. The number of halogens is 1. The molecule has 0 radical (unpaired) electrons. The molecule has 0 aliphatic heterocycles. The van der Waals surface area contributed by atoms with Gasteiger partial charge in [0, 0.05) is 17.7 Å². The molecule has 2 N–H and O–H groups in total. The zero-order valence-corrected chi connectivity index (χ0v) is 9.01. The fourth-order valence-corrected chi connectivity index (χ4v) is 1.15. The van der Waals surface area contributed by atoms with Gasteiger partial charge in [-0.3, -0.25) is 14.9 Å². The lowest BCUT2D eigenvalue weighted by Gasteiger charge is -2.10. The van der Waals surface area contributed by atoms with E-state index in [9.17, 15) is 19.3 Å². The monoisotopic (exact) mass is 242 g/mol. The molecular formula is C10H11FN2O4. The van der Waals surface area contributed by atoms with Crippen LogP contribution in [0.4, 0.5) is 10.1 Å². The smallest absolute Gasteiger partial charge is 0.305 e. The molecule has 17 heavy (non-hydrogen) atoms. The second-order valence-electron chi connectivity index (χ2n) is 3.48. The van der Waals surface area contributed by atoms with Crippen LogP contribution in [0.2, 0.25) is 0 Å². The molecule has 1 atom stereocenters. The molecule has 7 heteroatoms. The van der Waals surface area contributed by atoms with Crippen LogP contribution in [0.25, 0.3) is 0 Å². The molecule has 1 aromatic rings. The maximum atomic E-state index is 13.0. The Morgan fingerprint density at radius 1 is 1.65 bits per heavy atom. The van der Waals surface area contributed by atoms with E-state index in [0.29, 0.717) is 0 Å². The molecule has 0 aliphatic carbocycles. The number of hydrogen-bond acceptors (Lipinski definition) is 4. The molecule has 0 aliphatic rings. The second-order valence-corrected chi connectivity index (χ2v) is 3.48. The third-order valence-corrected chi connectivity index (χ3v) is 2.06. The van der Waals surface area contributed by atoms with Crippen LogP contribution in [0.3, 0.4) is 0 Å². The van der Waals surface area contributed by atoms with E-state index in [1.165, 1.54) is 0 Å². The van der Waals surface area contributed by atoms with Gasteiger partial charge in [-0.05, 0) is 19.1 Å². The molecule has 1 amide bonds. The fourth-order valence-electron chi connectivity index (χ4n) is 1.15. The number of aliphatic hydroxyl groups is 1. The third kappa shape index (κ3) is 3.22. The average Bonchev–Trinajstić information content (AvgIpc) is 2.28. The van der Waals surface area contributed by atoms with Crippen LogP contribution >= 0.6 is 0 Å². The van der Waals surface area contributed by atoms with Crippen molar-refractivity contribution in [2.24, 2.45) is 0 Å². The van der Waals surface area contributed by atoms with Gasteiger partial charge in [0.15, 0.2) is 0 Å². The summed E-state index contributed by atoms with van der Waals surface area (Å²) in [6.45, 7) is 1.31. The lowest BCUT2D eigenvalue weighted by Crippen LogP contribution is -2.35. The Hall–Kier alpha value is -2.02. The molecule has 92 valence electrons. The van der Waals surface area contributed by atoms with Crippen LogP contribution in [0.5, 0.6) is 0 Å². The quantitative estimate of drug-likeness (QED) is 0.604. The summed E-state index contributed by atoms with van der Waals surface area (Å²) in [5.74, 6) is -1.60. The Bertz CT molecular complexity index is 450. The molecule has 0 spiro atoms. The zero-order valence-electron chi connectivity index (χ0n) is 9.01. The Balaban J connectivity index is 2.96. The van der Waals surface area contributed by atoms with Crippen molar-refractivity contribution in [2.45, 2.75) is 13.0 Å². The Morgan fingerprint density at radius 3 is 2.82 bits per heavy atom. The number of carbonyl (C=O) groups excluding carboxylic acids is 1. The predicted molar refractivity (Wildman–Crippen MR) is 57.1 cm³/mol. The lowest BCUT2D eigenvalue weighted by atomic mass is 10.1. The van der Waals surface area contributed by atoms with Crippen molar-refractivity contribution in [1.29, 1.82) is 0 Å². The van der Waals surface area contributed by atoms with Crippen LogP contribution in [0, 0.1) is 15.9 Å². The molecule has 1 rings (SSSR count). The number of nitrogens with one attached hydrogen (secondary N) is 1. The maximum Gasteiger partial charge on any atom is 0.305 e. The summed E-state index contributed by atoms with van der Waals surface area (Å²) in [4.78, 5) is 21.1. The minimum absolute atomic E-state index is 0.0293. The largest absolute Gasteiger partial charge is 0.394 e. The first-order valence-corrected chi connectivity index (χ1v) is 4.81. The van der Waals surface area contributed by atoms with Crippen molar-refractivity contribution in [3.63, 3.8) is 0 Å². The summed E-state index contributed by atoms with van der Waals surface area (Å²) in [5, 5.41) is 21.6. The molecule has 1 aromatic carbocycles. The van der Waals surface area contributed by atoms with Gasteiger partial charge in [-0.15, -0.1) is 0 Å². The van der Waals surface area contributed by atoms with E-state index in [1.807, 2.05) is 0 Å². The number of nitrogens with zero attached hydrogens (tertiary/aromatic N) is 1. The minimum atomic E-state index is -0.998. The summed E-state index contributed by atoms with van der Waals surface area (Å²) in [5.41, 5.74) is -0.785. The number of carbonyl (C=O) groups is 1. The van der Waals surface area contributed by atoms with Crippen LogP contribution in [-0.2, 0) is 0 Å². The lowest BCUT2D eigenvalue weighted by molar-refractivity contribution is -0.387. The van der Waals surface area contributed by atoms with E-state index in [4.69, 9.17) is 5.11 Å². The Labute approximate surface area is 96.2 Å². The van der Waals surface area contributed by atoms with Crippen LogP contribution in [-0.4, -0.2) is 28.6 Å². The third-order valence-electron chi connectivity index (χ3n) is 2.06. The molecule has 0 saturated heterocycles. The predicted octanol–water partition coefficient (Wildman–Crippen LogP) is 0.845. The number of benzene rings is 1. The summed E-state index contributed by atoms with van der Waals surface area (Å²) >= 11 is 0. The SMILES string of the molecule is CC(CO)NC(=O)c1ccc(F)c([N+](=O)[O-])c1. The minimum Gasteiger partial charge on any atom is -0.394 e. The maximum absolute atomic E-state index is 13.0. The number of nitro groups is 1. The highest BCUT2D eigenvalue weighted by molar-refractivity contribution is 5.95. The first kappa shape index (κ1) is 13.0. The van der Waals surface area contributed by atoms with E-state index < -0.39 is 28.4 Å². The van der Waals surface area contributed by atoms with Crippen molar-refractivity contribution in [3.8, 4) is 0 Å². The van der Waals surface area contributed by atoms with Gasteiger partial charge in [0.05, 0.1) is 11.5 Å². The van der Waals surface area contributed by atoms with E-state index in [1.54, 1.807) is 6.92 Å². The van der Waals surface area contributed by atoms with Gasteiger partial charge in [0.25, 0.3) is 5.91 Å². The number of amides is 1. The van der Waals surface area contributed by atoms with Gasteiger partial charge in [-0.25, -0.2) is 0 Å². The summed E-state index contributed by atoms with van der Waals surface area (Å²) in [6.07, 6.45) is 0. The summed E-state index contributed by atoms with van der Waals surface area (Å²) < 4.78 is 13.0. The van der Waals surface area contributed by atoms with Crippen molar-refractivity contribution in [3.05, 3.63) is 39.7 Å². The normalized spacial score (nSPS) is 11.9. The first-order valence-electron chi connectivity index (χ1n) is 4.81. The standard InChI is InChI=1S/C10H11FN2O4/c1-6(5-14)12-10(15)7-2-3-8(11)9(4-7)13(16)17/h2-4,6,14H,5H2,1H3,(H,12,15). The molecule has 0 fully saturated rings. The topological polar surface area (TPSA) is 92.5 Å². The van der Waals surface area contributed by atoms with Crippen molar-refractivity contribution < 1.29 is 19.2 Å². The zero-order chi connectivity index (χ0) is 13.0. The van der Waals surface area contributed by atoms with E-state index in [-0.39, 0.29) is 12.2 Å². The van der Waals surface area contributed by atoms with Crippen molar-refractivity contribution in [1.82, 2.24) is 5.32 Å². The summed E-state index contributed by atoms with van der Waals surface area (Å²) in [7, 11) is 0. The van der Waals surface area contributed by atoms with Gasteiger partial charge >= 0.3 is 5.69 Å². The van der Waals surface area contributed by atoms with Gasteiger partial charge in [-0.2, -0.15) is 4.39 Å². The number of hydrogen-bond donors (Lipinski definition) is 2. The van der Waals surface area contributed by atoms with E-state index in [2.05, 4.69) is 5.32 Å². The highest BCUT2D eigenvalue weighted by Gasteiger charge is 2.18. The molecular weight excluding hydrogens is 231 g/mol. The average molecular weight is 242 g/mol. The van der Waals surface area contributed by atoms with Crippen LogP contribution in [0.1, 0.15) is 17.3 Å². The molecule has 6 nitrogen and oxygen atoms in total. The van der Waals surface area contributed by atoms with Gasteiger partial charge in [0.1, 0.15) is 0 Å². The molecule has 0 bridgehead atoms. The van der Waals surface area contributed by atoms with E-state index in [0.717, 1.165) is 18.2 Å². The Kier molecular flexibility index (Phi) is 4.11. The molecule has 1 unspecified atom stereocenters. The first-order chi connectivity index (χ1) is 7.95. The highest BCUT2D eigenvalue weighted by atomic mass is 19.1. The van der Waals surface area contributed by atoms with Crippen LogP contribution in [0.15, 0.2) is 18.2 Å². The fraction of sp³-hybridized carbons (Fsp3) is 0.300. The second kappa shape index (κ2) is 5.35. The number of rotatable bonds is 4. The van der Waals surface area contributed by atoms with Gasteiger partial charge < -0.3 is 10.4 Å². The van der Waals surface area contributed by atoms with Gasteiger partial charge in [0.2, 0.25) is 5.82 Å². The molecule has 0 heterocycles.